The number of aliphatic imine (C=N–C) groups is 2. The lowest BCUT2D eigenvalue weighted by atomic mass is 10.1. The second kappa shape index (κ2) is 7.16. The Balaban J connectivity index is 1.81. The van der Waals surface area contributed by atoms with E-state index in [1.54, 1.807) is 31.2 Å². The lowest BCUT2D eigenvalue weighted by Gasteiger charge is -2.10. The first-order valence-corrected chi connectivity index (χ1v) is 7.75. The molecule has 0 fully saturated rings. The second-order valence-corrected chi connectivity index (χ2v) is 5.15. The molecule has 0 bridgehead atoms. The largest absolute Gasteiger partial charge is 0.496 e. The van der Waals surface area contributed by atoms with E-state index in [1.807, 2.05) is 0 Å². The zero-order valence-electron chi connectivity index (χ0n) is 13.9. The van der Waals surface area contributed by atoms with Gasteiger partial charge in [0.15, 0.2) is 18.2 Å². The third-order valence-corrected chi connectivity index (χ3v) is 3.54. The molecule has 25 heavy (non-hydrogen) atoms. The Kier molecular flexibility index (Phi) is 4.78. The smallest absolute Gasteiger partial charge is 0.344 e. The minimum Gasteiger partial charge on any atom is -0.496 e. The molecule has 1 N–H and O–H groups in total. The van der Waals surface area contributed by atoms with Crippen LogP contribution in [0.4, 0.5) is 0 Å². The quantitative estimate of drug-likeness (QED) is 0.772. The number of carbonyl (C=O) groups excluding carboxylic acids is 2. The summed E-state index contributed by atoms with van der Waals surface area (Å²) in [7, 11) is 1.51. The molecular weight excluding hydrogens is 326 g/mol. The Bertz CT molecular complexity index is 811. The van der Waals surface area contributed by atoms with Crippen LogP contribution in [0.25, 0.3) is 0 Å². The van der Waals surface area contributed by atoms with Gasteiger partial charge in [-0.3, -0.25) is 4.79 Å². The van der Waals surface area contributed by atoms with E-state index in [1.165, 1.54) is 7.11 Å². The summed E-state index contributed by atoms with van der Waals surface area (Å²) in [6.07, 6.45) is 1.80. The first-order chi connectivity index (χ1) is 12.1. The van der Waals surface area contributed by atoms with Gasteiger partial charge in [-0.1, -0.05) is 0 Å². The van der Waals surface area contributed by atoms with Crippen molar-refractivity contribution in [3.63, 3.8) is 0 Å². The molecule has 0 saturated carbocycles. The van der Waals surface area contributed by atoms with Gasteiger partial charge in [0.25, 0.3) is 5.91 Å². The minimum atomic E-state index is -0.445. The third kappa shape index (κ3) is 3.52. The molecule has 0 spiro atoms. The monoisotopic (exact) mass is 343 g/mol. The molecule has 2 heterocycles. The molecule has 3 rings (SSSR count). The van der Waals surface area contributed by atoms with Crippen molar-refractivity contribution in [1.29, 1.82) is 0 Å². The molecule has 8 heteroatoms. The van der Waals surface area contributed by atoms with Crippen molar-refractivity contribution >= 4 is 23.4 Å². The molecule has 1 aromatic carbocycles. The number of hydrogen-bond donors (Lipinski definition) is 1. The Morgan fingerprint density at radius 1 is 1.32 bits per heavy atom. The number of methoxy groups -OCH3 is 1. The average Bonchev–Trinajstić information content (AvgIpc) is 3.05. The van der Waals surface area contributed by atoms with Crippen LogP contribution in [0.5, 0.6) is 11.5 Å². The maximum absolute atomic E-state index is 11.8. The van der Waals surface area contributed by atoms with Crippen LogP contribution in [0.15, 0.2) is 40.0 Å². The van der Waals surface area contributed by atoms with Crippen LogP contribution >= 0.6 is 0 Å². The van der Waals surface area contributed by atoms with Crippen molar-refractivity contribution in [2.45, 2.75) is 6.92 Å². The number of ether oxygens (including phenoxy) is 3. The molecule has 0 aromatic heterocycles. The Hall–Kier alpha value is -3.16. The highest BCUT2D eigenvalue weighted by Gasteiger charge is 2.27. The molecule has 2 aliphatic heterocycles. The fraction of sp³-hybridized carbons (Fsp3) is 0.294. The molecule has 0 atom stereocenters. The third-order valence-electron chi connectivity index (χ3n) is 3.54. The van der Waals surface area contributed by atoms with Crippen LogP contribution in [0.3, 0.4) is 0 Å². The highest BCUT2D eigenvalue weighted by Crippen LogP contribution is 2.28. The van der Waals surface area contributed by atoms with Crippen LogP contribution in [-0.2, 0) is 14.3 Å². The average molecular weight is 343 g/mol. The molecule has 1 amide bonds. The number of fused-ring (bicyclic) bond motifs is 1. The van der Waals surface area contributed by atoms with Crippen LogP contribution < -0.4 is 14.8 Å². The highest BCUT2D eigenvalue weighted by molar-refractivity contribution is 6.49. The zero-order valence-corrected chi connectivity index (χ0v) is 13.9. The van der Waals surface area contributed by atoms with Crippen LogP contribution in [-0.4, -0.2) is 50.3 Å². The van der Waals surface area contributed by atoms with Gasteiger partial charge in [0, 0.05) is 12.6 Å². The van der Waals surface area contributed by atoms with Gasteiger partial charge in [-0.15, -0.1) is 0 Å². The fourth-order valence-electron chi connectivity index (χ4n) is 2.40. The van der Waals surface area contributed by atoms with Gasteiger partial charge in [-0.05, 0) is 25.1 Å². The number of amidine groups is 1. The lowest BCUT2D eigenvalue weighted by molar-refractivity contribution is -0.145. The number of amides is 1. The summed E-state index contributed by atoms with van der Waals surface area (Å²) >= 11 is 0. The predicted octanol–water partition coefficient (Wildman–Crippen LogP) is 0.852. The molecule has 2 aliphatic rings. The summed E-state index contributed by atoms with van der Waals surface area (Å²) < 4.78 is 15.6. The normalized spacial score (nSPS) is 15.4. The molecule has 130 valence electrons. The van der Waals surface area contributed by atoms with E-state index in [-0.39, 0.29) is 12.5 Å². The second-order valence-electron chi connectivity index (χ2n) is 5.15. The van der Waals surface area contributed by atoms with Crippen LogP contribution in [0.2, 0.25) is 0 Å². The fourth-order valence-corrected chi connectivity index (χ4v) is 2.40. The van der Waals surface area contributed by atoms with Gasteiger partial charge in [0.2, 0.25) is 0 Å². The number of benzene rings is 1. The number of rotatable bonds is 6. The lowest BCUT2D eigenvalue weighted by Crippen LogP contribution is -2.35. The standard InChI is InChI=1S/C17H17N3O5/c1-3-24-14(21)9-25-10-4-5-11(13(8-10)23-2)16-19-12-6-7-18-17(22)15(12)20-16/h4-6,8H,3,7,9H2,1-2H3,(H,18,22). The summed E-state index contributed by atoms with van der Waals surface area (Å²) in [6.45, 7) is 2.27. The first kappa shape index (κ1) is 16.7. The zero-order chi connectivity index (χ0) is 17.8. The SMILES string of the molecule is CCOC(=O)COc1ccc(C2=NC3=CCNC(=O)C3=N2)c(OC)c1. The topological polar surface area (TPSA) is 98.6 Å². The van der Waals surface area contributed by atoms with Crippen molar-refractivity contribution in [2.24, 2.45) is 9.98 Å². The van der Waals surface area contributed by atoms with Crippen molar-refractivity contribution in [3.8, 4) is 11.5 Å². The van der Waals surface area contributed by atoms with Crippen LogP contribution in [0.1, 0.15) is 12.5 Å². The van der Waals surface area contributed by atoms with Crippen molar-refractivity contribution in [1.82, 2.24) is 5.32 Å². The van der Waals surface area contributed by atoms with E-state index < -0.39 is 5.97 Å². The minimum absolute atomic E-state index is 0.188. The van der Waals surface area contributed by atoms with Gasteiger partial charge < -0.3 is 19.5 Å². The van der Waals surface area contributed by atoms with Crippen molar-refractivity contribution in [3.05, 3.63) is 35.5 Å². The predicted molar refractivity (Wildman–Crippen MR) is 90.2 cm³/mol. The molecule has 0 unspecified atom stereocenters. The molecule has 0 radical (unpaired) electrons. The van der Waals surface area contributed by atoms with Gasteiger partial charge in [-0.2, -0.15) is 0 Å². The van der Waals surface area contributed by atoms with Gasteiger partial charge in [0.1, 0.15) is 11.5 Å². The number of carbonyl (C=O) groups is 2. The number of nitrogens with zero attached hydrogens (tertiary/aromatic N) is 2. The molecular formula is C17H17N3O5. The van der Waals surface area contributed by atoms with Crippen molar-refractivity contribution < 1.29 is 23.8 Å². The number of hydrogen-bond acceptors (Lipinski definition) is 7. The first-order valence-electron chi connectivity index (χ1n) is 7.75. The summed E-state index contributed by atoms with van der Waals surface area (Å²) in [5.74, 6) is 0.634. The summed E-state index contributed by atoms with van der Waals surface area (Å²) in [5, 5.41) is 2.69. The van der Waals surface area contributed by atoms with Crippen molar-refractivity contribution in [2.75, 3.05) is 26.9 Å². The highest BCUT2D eigenvalue weighted by atomic mass is 16.6. The Morgan fingerprint density at radius 3 is 2.88 bits per heavy atom. The van der Waals surface area contributed by atoms with E-state index >= 15 is 0 Å². The Labute approximate surface area is 144 Å². The van der Waals surface area contributed by atoms with E-state index in [2.05, 4.69) is 15.3 Å². The number of nitrogens with one attached hydrogen (secondary N) is 1. The summed E-state index contributed by atoms with van der Waals surface area (Å²) in [4.78, 5) is 31.9. The summed E-state index contributed by atoms with van der Waals surface area (Å²) in [5.41, 5.74) is 1.48. The maximum Gasteiger partial charge on any atom is 0.344 e. The maximum atomic E-state index is 11.8. The number of esters is 1. The van der Waals surface area contributed by atoms with E-state index in [0.717, 1.165) is 0 Å². The van der Waals surface area contributed by atoms with E-state index in [4.69, 9.17) is 14.2 Å². The van der Waals surface area contributed by atoms with E-state index in [0.29, 0.717) is 47.5 Å². The molecule has 8 nitrogen and oxygen atoms in total. The Morgan fingerprint density at radius 2 is 2.16 bits per heavy atom. The van der Waals surface area contributed by atoms with E-state index in [9.17, 15) is 9.59 Å². The summed E-state index contributed by atoms with van der Waals surface area (Å²) in [6, 6.07) is 5.03. The molecule has 0 saturated heterocycles. The van der Waals surface area contributed by atoms with Gasteiger partial charge in [-0.25, -0.2) is 14.8 Å². The molecule has 0 aliphatic carbocycles. The van der Waals surface area contributed by atoms with Gasteiger partial charge >= 0.3 is 5.97 Å². The van der Waals surface area contributed by atoms with Gasteiger partial charge in [0.05, 0.1) is 25.0 Å². The van der Waals surface area contributed by atoms with Crippen LogP contribution in [0, 0.1) is 0 Å². The molecule has 1 aromatic rings.